The molecular formula is C20H32N2O2. The van der Waals surface area contributed by atoms with Gasteiger partial charge in [-0.25, -0.2) is 0 Å². The second-order valence-corrected chi connectivity index (χ2v) is 6.42. The Kier molecular flexibility index (Phi) is 8.51. The predicted molar refractivity (Wildman–Crippen MR) is 101 cm³/mol. The van der Waals surface area contributed by atoms with Gasteiger partial charge >= 0.3 is 0 Å². The van der Waals surface area contributed by atoms with E-state index in [9.17, 15) is 9.59 Å². The number of anilines is 2. The van der Waals surface area contributed by atoms with E-state index in [0.29, 0.717) is 5.92 Å². The van der Waals surface area contributed by atoms with E-state index < -0.39 is 0 Å². The maximum absolute atomic E-state index is 12.5. The Morgan fingerprint density at radius 2 is 1.50 bits per heavy atom. The molecule has 4 heteroatoms. The van der Waals surface area contributed by atoms with Gasteiger partial charge in [-0.1, -0.05) is 34.1 Å². The van der Waals surface area contributed by atoms with Gasteiger partial charge in [-0.2, -0.15) is 0 Å². The summed E-state index contributed by atoms with van der Waals surface area (Å²) in [6.45, 7) is 9.95. The van der Waals surface area contributed by atoms with Crippen molar-refractivity contribution < 1.29 is 9.59 Å². The van der Waals surface area contributed by atoms with E-state index in [2.05, 4.69) is 31.4 Å². The normalized spacial score (nSPS) is 12.1. The van der Waals surface area contributed by atoms with Gasteiger partial charge in [0.25, 0.3) is 0 Å². The fourth-order valence-electron chi connectivity index (χ4n) is 3.11. The van der Waals surface area contributed by atoms with E-state index in [1.54, 1.807) is 0 Å². The van der Waals surface area contributed by atoms with Gasteiger partial charge in [0.1, 0.15) is 0 Å². The molecule has 4 nitrogen and oxygen atoms in total. The monoisotopic (exact) mass is 332 g/mol. The zero-order chi connectivity index (χ0) is 18.1. The van der Waals surface area contributed by atoms with E-state index in [-0.39, 0.29) is 17.7 Å². The minimum Gasteiger partial charge on any atom is -0.326 e. The standard InChI is InChI=1S/C20H32N2O2/c1-6-10-16(9-4)20(24)22-19-12-17(15(7-2)8-3)11-18(13-19)21-14(5)23/h11-13,15-16H,6-10H2,1-5H3,(H,21,23)(H,22,24). The van der Waals surface area contributed by atoms with E-state index >= 15 is 0 Å². The zero-order valence-corrected chi connectivity index (χ0v) is 15.7. The Balaban J connectivity index is 3.09. The highest BCUT2D eigenvalue weighted by molar-refractivity contribution is 5.94. The zero-order valence-electron chi connectivity index (χ0n) is 15.7. The van der Waals surface area contributed by atoms with Gasteiger partial charge < -0.3 is 10.6 Å². The molecular weight excluding hydrogens is 300 g/mol. The number of carbonyl (C=O) groups is 2. The van der Waals surface area contributed by atoms with Crippen molar-refractivity contribution in [3.05, 3.63) is 23.8 Å². The minimum absolute atomic E-state index is 0.0380. The van der Waals surface area contributed by atoms with Crippen LogP contribution in [0.5, 0.6) is 0 Å². The van der Waals surface area contributed by atoms with Crippen molar-refractivity contribution in [2.75, 3.05) is 10.6 Å². The number of benzene rings is 1. The minimum atomic E-state index is -0.105. The number of hydrogen-bond acceptors (Lipinski definition) is 2. The first-order valence-electron chi connectivity index (χ1n) is 9.18. The van der Waals surface area contributed by atoms with Crippen LogP contribution in [0.2, 0.25) is 0 Å². The topological polar surface area (TPSA) is 58.2 Å². The Morgan fingerprint density at radius 1 is 0.917 bits per heavy atom. The van der Waals surface area contributed by atoms with Gasteiger partial charge in [0.05, 0.1) is 0 Å². The summed E-state index contributed by atoms with van der Waals surface area (Å²) >= 11 is 0. The summed E-state index contributed by atoms with van der Waals surface area (Å²) in [7, 11) is 0. The lowest BCUT2D eigenvalue weighted by Crippen LogP contribution is -2.22. The van der Waals surface area contributed by atoms with Gasteiger partial charge in [0.15, 0.2) is 0 Å². The van der Waals surface area contributed by atoms with Crippen LogP contribution in [-0.2, 0) is 9.59 Å². The largest absolute Gasteiger partial charge is 0.326 e. The van der Waals surface area contributed by atoms with Crippen molar-refractivity contribution in [1.82, 2.24) is 0 Å². The molecule has 0 saturated heterocycles. The summed E-state index contributed by atoms with van der Waals surface area (Å²) in [6.07, 6.45) is 4.79. The molecule has 0 spiro atoms. The van der Waals surface area contributed by atoms with E-state index in [0.717, 1.165) is 49.0 Å². The Labute approximate surface area is 146 Å². The maximum Gasteiger partial charge on any atom is 0.227 e. The van der Waals surface area contributed by atoms with Crippen LogP contribution in [0.1, 0.15) is 78.2 Å². The summed E-state index contributed by atoms with van der Waals surface area (Å²) < 4.78 is 0. The molecule has 24 heavy (non-hydrogen) atoms. The molecule has 1 rings (SSSR count). The third-order valence-corrected chi connectivity index (χ3v) is 4.50. The van der Waals surface area contributed by atoms with E-state index in [4.69, 9.17) is 0 Å². The first-order chi connectivity index (χ1) is 11.4. The fourth-order valence-corrected chi connectivity index (χ4v) is 3.11. The molecule has 0 aromatic heterocycles. The molecule has 1 aromatic carbocycles. The highest BCUT2D eigenvalue weighted by Crippen LogP contribution is 2.29. The van der Waals surface area contributed by atoms with Crippen LogP contribution >= 0.6 is 0 Å². The van der Waals surface area contributed by atoms with Crippen LogP contribution in [0.3, 0.4) is 0 Å². The maximum atomic E-state index is 12.5. The summed E-state index contributed by atoms with van der Waals surface area (Å²) in [4.78, 5) is 23.9. The van der Waals surface area contributed by atoms with Crippen molar-refractivity contribution in [2.24, 2.45) is 5.92 Å². The lowest BCUT2D eigenvalue weighted by Gasteiger charge is -2.19. The van der Waals surface area contributed by atoms with Gasteiger partial charge in [-0.05, 0) is 55.4 Å². The van der Waals surface area contributed by atoms with Crippen molar-refractivity contribution in [2.45, 2.75) is 72.6 Å². The van der Waals surface area contributed by atoms with Crippen molar-refractivity contribution >= 4 is 23.2 Å². The summed E-state index contributed by atoms with van der Waals surface area (Å²) in [6, 6.07) is 5.89. The smallest absolute Gasteiger partial charge is 0.227 e. The van der Waals surface area contributed by atoms with Gasteiger partial charge in [-0.3, -0.25) is 9.59 Å². The van der Waals surface area contributed by atoms with Crippen LogP contribution in [0.15, 0.2) is 18.2 Å². The number of hydrogen-bond donors (Lipinski definition) is 2. The number of amides is 2. The molecule has 0 aliphatic carbocycles. The summed E-state index contributed by atoms with van der Waals surface area (Å²) in [5, 5.41) is 5.88. The first-order valence-corrected chi connectivity index (χ1v) is 9.18. The molecule has 0 radical (unpaired) electrons. The average molecular weight is 332 g/mol. The van der Waals surface area contributed by atoms with Gasteiger partial charge in [0, 0.05) is 24.2 Å². The van der Waals surface area contributed by atoms with Crippen LogP contribution in [0, 0.1) is 5.92 Å². The number of carbonyl (C=O) groups excluding carboxylic acids is 2. The predicted octanol–water partition coefficient (Wildman–Crippen LogP) is 5.31. The SMILES string of the molecule is CCCC(CC)C(=O)Nc1cc(NC(C)=O)cc(C(CC)CC)c1. The summed E-state index contributed by atoms with van der Waals surface area (Å²) in [5.74, 6) is 0.421. The van der Waals surface area contributed by atoms with Crippen molar-refractivity contribution in [3.8, 4) is 0 Å². The molecule has 2 N–H and O–H groups in total. The molecule has 0 saturated carbocycles. The Morgan fingerprint density at radius 3 is 1.96 bits per heavy atom. The third-order valence-electron chi connectivity index (χ3n) is 4.50. The third kappa shape index (κ3) is 5.99. The highest BCUT2D eigenvalue weighted by Gasteiger charge is 2.17. The molecule has 0 aliphatic rings. The van der Waals surface area contributed by atoms with Crippen molar-refractivity contribution in [1.29, 1.82) is 0 Å². The van der Waals surface area contributed by atoms with Crippen LogP contribution in [0.25, 0.3) is 0 Å². The molecule has 1 unspecified atom stereocenters. The fraction of sp³-hybridized carbons (Fsp3) is 0.600. The quantitative estimate of drug-likeness (QED) is 0.643. The average Bonchev–Trinajstić information content (AvgIpc) is 2.52. The molecule has 0 heterocycles. The summed E-state index contributed by atoms with van der Waals surface area (Å²) in [5.41, 5.74) is 2.67. The van der Waals surface area contributed by atoms with Gasteiger partial charge in [0.2, 0.25) is 11.8 Å². The second-order valence-electron chi connectivity index (χ2n) is 6.42. The van der Waals surface area contributed by atoms with E-state index in [1.807, 2.05) is 25.1 Å². The van der Waals surface area contributed by atoms with Crippen LogP contribution in [-0.4, -0.2) is 11.8 Å². The molecule has 0 bridgehead atoms. The molecule has 0 fully saturated rings. The van der Waals surface area contributed by atoms with E-state index in [1.165, 1.54) is 6.92 Å². The van der Waals surface area contributed by atoms with Crippen LogP contribution in [0.4, 0.5) is 11.4 Å². The second kappa shape index (κ2) is 10.1. The number of rotatable bonds is 9. The molecule has 134 valence electrons. The highest BCUT2D eigenvalue weighted by atomic mass is 16.2. The Hall–Kier alpha value is -1.84. The lowest BCUT2D eigenvalue weighted by atomic mass is 9.93. The molecule has 1 aromatic rings. The molecule has 2 amide bonds. The number of nitrogens with one attached hydrogen (secondary N) is 2. The van der Waals surface area contributed by atoms with Crippen LogP contribution < -0.4 is 10.6 Å². The molecule has 1 atom stereocenters. The Bertz CT molecular complexity index is 551. The lowest BCUT2D eigenvalue weighted by molar-refractivity contribution is -0.120. The first kappa shape index (κ1) is 20.2. The van der Waals surface area contributed by atoms with Crippen molar-refractivity contribution in [3.63, 3.8) is 0 Å². The molecule has 0 aliphatic heterocycles. The van der Waals surface area contributed by atoms with Gasteiger partial charge in [-0.15, -0.1) is 0 Å².